The Hall–Kier alpha value is -2.75. The molecule has 4 nitrogen and oxygen atoms in total. The Labute approximate surface area is 123 Å². The monoisotopic (exact) mass is 284 g/mol. The van der Waals surface area contributed by atoms with Crippen LogP contribution in [0.1, 0.15) is 34.1 Å². The summed E-state index contributed by atoms with van der Waals surface area (Å²) in [6.07, 6.45) is 0.222. The fraction of sp³-hybridized carbons (Fsp3) is 0.118. The summed E-state index contributed by atoms with van der Waals surface area (Å²) in [5, 5.41) is 7.72. The third kappa shape index (κ3) is 5.40. The minimum Gasteiger partial charge on any atom is -0.481 e. The van der Waals surface area contributed by atoms with Gasteiger partial charge in [-0.2, -0.15) is 0 Å². The number of aliphatic carboxylic acids is 1. The molecule has 0 aliphatic heterocycles. The van der Waals surface area contributed by atoms with Crippen molar-refractivity contribution >= 4 is 17.5 Å². The van der Waals surface area contributed by atoms with Crippen molar-refractivity contribution in [2.45, 2.75) is 13.3 Å². The molecule has 0 unspecified atom stereocenters. The molecule has 0 saturated heterocycles. The van der Waals surface area contributed by atoms with E-state index < -0.39 is 17.5 Å². The lowest BCUT2D eigenvalue weighted by Gasteiger charge is -1.99. The molecule has 0 spiro atoms. The molecule has 0 aromatic heterocycles. The summed E-state index contributed by atoms with van der Waals surface area (Å²) in [5.74, 6) is -1.68. The number of ketones is 2. The maximum atomic E-state index is 11.8. The summed E-state index contributed by atoms with van der Waals surface area (Å²) in [4.78, 5) is 33.0. The fourth-order valence-corrected chi connectivity index (χ4v) is 1.44. The van der Waals surface area contributed by atoms with Gasteiger partial charge in [-0.05, 0) is 0 Å². The van der Waals surface area contributed by atoms with Gasteiger partial charge in [-0.1, -0.05) is 67.6 Å². The van der Waals surface area contributed by atoms with Crippen LogP contribution in [0.4, 0.5) is 0 Å². The molecular formula is C17H16O4. The number of benzene rings is 2. The first-order valence-electron chi connectivity index (χ1n) is 6.47. The van der Waals surface area contributed by atoms with Crippen LogP contribution in [-0.4, -0.2) is 22.6 Å². The minimum absolute atomic E-state index is 0.222. The number of hydrogen-bond acceptors (Lipinski definition) is 3. The maximum Gasteiger partial charge on any atom is 0.303 e. The summed E-state index contributed by atoms with van der Waals surface area (Å²) in [6.45, 7) is 1.60. The van der Waals surface area contributed by atoms with Crippen LogP contribution >= 0.6 is 0 Å². The lowest BCUT2D eigenvalue weighted by molar-refractivity contribution is -0.136. The molecule has 0 aliphatic rings. The summed E-state index contributed by atoms with van der Waals surface area (Å²) in [6, 6.07) is 17.2. The largest absolute Gasteiger partial charge is 0.481 e. The van der Waals surface area contributed by atoms with Gasteiger partial charge in [-0.15, -0.1) is 0 Å². The molecule has 2 aromatic carbocycles. The summed E-state index contributed by atoms with van der Waals surface area (Å²) < 4.78 is 0. The Morgan fingerprint density at radius 1 is 0.762 bits per heavy atom. The first kappa shape index (κ1) is 16.3. The van der Waals surface area contributed by atoms with Gasteiger partial charge >= 0.3 is 5.97 Å². The normalized spacial score (nSPS) is 9.19. The molecule has 0 atom stereocenters. The van der Waals surface area contributed by atoms with Crippen molar-refractivity contribution in [3.63, 3.8) is 0 Å². The zero-order valence-corrected chi connectivity index (χ0v) is 11.7. The highest BCUT2D eigenvalue weighted by Crippen LogP contribution is 2.07. The number of carbonyl (C=O) groups is 3. The second kappa shape index (κ2) is 8.43. The Balaban J connectivity index is 0.000000383. The van der Waals surface area contributed by atoms with Crippen LogP contribution in [0.2, 0.25) is 0 Å². The first-order valence-corrected chi connectivity index (χ1v) is 6.47. The third-order valence-electron chi connectivity index (χ3n) is 2.58. The second-order valence-corrected chi connectivity index (χ2v) is 4.14. The number of hydrogen-bond donors (Lipinski definition) is 1. The van der Waals surface area contributed by atoms with Gasteiger partial charge in [0.15, 0.2) is 0 Å². The predicted octanol–water partition coefficient (Wildman–Crippen LogP) is 3.23. The standard InChI is InChI=1S/C14H10O2.C3H6O2/c15-13(11-7-3-1-4-8-11)14(16)12-9-5-2-6-10-12;1-2-3(4)5/h1-10H;2H2,1H3,(H,4,5). The number of carboxylic acids is 1. The first-order chi connectivity index (χ1) is 10.1. The van der Waals surface area contributed by atoms with Crippen LogP contribution in [0.3, 0.4) is 0 Å². The quantitative estimate of drug-likeness (QED) is 0.691. The molecule has 21 heavy (non-hydrogen) atoms. The van der Waals surface area contributed by atoms with E-state index in [0.29, 0.717) is 11.1 Å². The van der Waals surface area contributed by atoms with Crippen LogP contribution < -0.4 is 0 Å². The fourth-order valence-electron chi connectivity index (χ4n) is 1.44. The molecule has 0 saturated carbocycles. The van der Waals surface area contributed by atoms with Gasteiger partial charge in [-0.25, -0.2) is 0 Å². The average molecular weight is 284 g/mol. The molecule has 4 heteroatoms. The van der Waals surface area contributed by atoms with E-state index in [1.165, 1.54) is 0 Å². The van der Waals surface area contributed by atoms with Gasteiger partial charge < -0.3 is 5.11 Å². The van der Waals surface area contributed by atoms with Crippen LogP contribution in [0.25, 0.3) is 0 Å². The predicted molar refractivity (Wildman–Crippen MR) is 79.5 cm³/mol. The van der Waals surface area contributed by atoms with Crippen LogP contribution in [0, 0.1) is 0 Å². The van der Waals surface area contributed by atoms with E-state index >= 15 is 0 Å². The van der Waals surface area contributed by atoms with E-state index in [1.54, 1.807) is 55.5 Å². The van der Waals surface area contributed by atoms with Gasteiger partial charge in [0, 0.05) is 17.5 Å². The maximum absolute atomic E-state index is 11.8. The molecule has 0 fully saturated rings. The van der Waals surface area contributed by atoms with Gasteiger partial charge in [0.2, 0.25) is 11.6 Å². The van der Waals surface area contributed by atoms with Gasteiger partial charge in [0.25, 0.3) is 0 Å². The van der Waals surface area contributed by atoms with E-state index in [4.69, 9.17) is 5.11 Å². The average Bonchev–Trinajstić information content (AvgIpc) is 2.55. The molecule has 0 bridgehead atoms. The van der Waals surface area contributed by atoms with Crippen LogP contribution in [0.15, 0.2) is 60.7 Å². The molecule has 0 radical (unpaired) electrons. The van der Waals surface area contributed by atoms with E-state index in [-0.39, 0.29) is 6.42 Å². The highest BCUT2D eigenvalue weighted by Gasteiger charge is 2.16. The SMILES string of the molecule is CCC(=O)O.O=C(C(=O)c1ccccc1)c1ccccc1. The van der Waals surface area contributed by atoms with E-state index in [1.807, 2.05) is 12.1 Å². The topological polar surface area (TPSA) is 71.4 Å². The van der Waals surface area contributed by atoms with E-state index in [9.17, 15) is 14.4 Å². The number of carbonyl (C=O) groups excluding carboxylic acids is 2. The van der Waals surface area contributed by atoms with E-state index in [2.05, 4.69) is 0 Å². The highest BCUT2D eigenvalue weighted by molar-refractivity contribution is 6.49. The molecule has 1 N–H and O–H groups in total. The van der Waals surface area contributed by atoms with Crippen molar-refractivity contribution in [1.29, 1.82) is 0 Å². The van der Waals surface area contributed by atoms with Gasteiger partial charge in [0.05, 0.1) is 0 Å². The van der Waals surface area contributed by atoms with Crippen molar-refractivity contribution in [1.82, 2.24) is 0 Å². The minimum atomic E-state index is -0.745. The molecule has 2 rings (SSSR count). The summed E-state index contributed by atoms with van der Waals surface area (Å²) in [5.41, 5.74) is 0.854. The molecule has 2 aromatic rings. The zero-order valence-electron chi connectivity index (χ0n) is 11.7. The zero-order chi connectivity index (χ0) is 15.7. The molecular weight excluding hydrogens is 268 g/mol. The second-order valence-electron chi connectivity index (χ2n) is 4.14. The Bertz CT molecular complexity index is 554. The number of carboxylic acid groups (broad SMARTS) is 1. The number of Topliss-reactive ketones (excluding diaryl/α,β-unsaturated/α-hetero) is 2. The lowest BCUT2D eigenvalue weighted by Crippen LogP contribution is -2.14. The Morgan fingerprint density at radius 3 is 1.29 bits per heavy atom. The van der Waals surface area contributed by atoms with Gasteiger partial charge in [-0.3, -0.25) is 14.4 Å². The van der Waals surface area contributed by atoms with Crippen molar-refractivity contribution in [3.05, 3.63) is 71.8 Å². The van der Waals surface area contributed by atoms with E-state index in [0.717, 1.165) is 0 Å². The van der Waals surface area contributed by atoms with Crippen LogP contribution in [-0.2, 0) is 4.79 Å². The van der Waals surface area contributed by atoms with Gasteiger partial charge in [0.1, 0.15) is 0 Å². The third-order valence-corrected chi connectivity index (χ3v) is 2.58. The Morgan fingerprint density at radius 2 is 1.05 bits per heavy atom. The molecule has 0 amide bonds. The van der Waals surface area contributed by atoms with Crippen molar-refractivity contribution < 1.29 is 19.5 Å². The van der Waals surface area contributed by atoms with Crippen molar-refractivity contribution in [2.24, 2.45) is 0 Å². The van der Waals surface area contributed by atoms with Crippen molar-refractivity contribution in [2.75, 3.05) is 0 Å². The molecule has 0 heterocycles. The highest BCUT2D eigenvalue weighted by atomic mass is 16.4. The summed E-state index contributed by atoms with van der Waals surface area (Å²) >= 11 is 0. The summed E-state index contributed by atoms with van der Waals surface area (Å²) in [7, 11) is 0. The molecule has 0 aliphatic carbocycles. The Kier molecular flexibility index (Phi) is 6.54. The lowest BCUT2D eigenvalue weighted by atomic mass is 10.0. The van der Waals surface area contributed by atoms with Crippen LogP contribution in [0.5, 0.6) is 0 Å². The van der Waals surface area contributed by atoms with Crippen molar-refractivity contribution in [3.8, 4) is 0 Å². The number of rotatable bonds is 4. The smallest absolute Gasteiger partial charge is 0.303 e. The molecule has 108 valence electrons.